The number of rotatable bonds is 5. The Kier molecular flexibility index (Phi) is 5.04. The van der Waals surface area contributed by atoms with Gasteiger partial charge in [0.2, 0.25) is 0 Å². The Bertz CT molecular complexity index is 930. The minimum Gasteiger partial charge on any atom is -0.462 e. The molecule has 126 valence electrons. The fourth-order valence-electron chi connectivity index (χ4n) is 2.73. The molecule has 0 unspecified atom stereocenters. The first kappa shape index (κ1) is 16.6. The summed E-state index contributed by atoms with van der Waals surface area (Å²) in [5.74, 6) is -0.423. The zero-order valence-electron chi connectivity index (χ0n) is 13.8. The van der Waals surface area contributed by atoms with E-state index in [0.29, 0.717) is 30.0 Å². The van der Waals surface area contributed by atoms with E-state index in [0.717, 1.165) is 16.3 Å². The molecule has 5 nitrogen and oxygen atoms in total. The second kappa shape index (κ2) is 7.57. The van der Waals surface area contributed by atoms with E-state index in [2.05, 4.69) is 10.1 Å². The third kappa shape index (κ3) is 3.66. The van der Waals surface area contributed by atoms with Crippen molar-refractivity contribution in [3.05, 3.63) is 77.6 Å². The van der Waals surface area contributed by atoms with Crippen LogP contribution >= 0.6 is 0 Å². The minimum absolute atomic E-state index is 0.299. The predicted octanol–water partition coefficient (Wildman–Crippen LogP) is 3.83. The Balaban J connectivity index is 1.93. The number of pyridine rings is 1. The van der Waals surface area contributed by atoms with Gasteiger partial charge in [-0.15, -0.1) is 0 Å². The fourth-order valence-corrected chi connectivity index (χ4v) is 2.73. The van der Waals surface area contributed by atoms with E-state index in [1.54, 1.807) is 19.1 Å². The van der Waals surface area contributed by atoms with E-state index in [9.17, 15) is 10.0 Å². The maximum atomic E-state index is 11.9. The second-order valence-electron chi connectivity index (χ2n) is 5.51. The monoisotopic (exact) mass is 334 g/mol. The van der Waals surface area contributed by atoms with Crippen molar-refractivity contribution < 1.29 is 14.7 Å². The van der Waals surface area contributed by atoms with Crippen molar-refractivity contribution in [1.82, 2.24) is 4.98 Å². The normalized spacial score (nSPS) is 11.5. The summed E-state index contributed by atoms with van der Waals surface area (Å²) in [6.45, 7) is 2.05. The van der Waals surface area contributed by atoms with Gasteiger partial charge in [0.05, 0.1) is 17.9 Å². The summed E-state index contributed by atoms with van der Waals surface area (Å²) in [5, 5.41) is 15.1. The Morgan fingerprint density at radius 1 is 1.16 bits per heavy atom. The molecule has 0 spiro atoms. The third-order valence-electron chi connectivity index (χ3n) is 3.93. The van der Waals surface area contributed by atoms with Gasteiger partial charge in [-0.25, -0.2) is 4.79 Å². The molecule has 0 radical (unpaired) electrons. The number of fused-ring (bicyclic) bond motifs is 1. The molecule has 25 heavy (non-hydrogen) atoms. The van der Waals surface area contributed by atoms with Crippen molar-refractivity contribution >= 4 is 22.5 Å². The SMILES string of the molecule is CCOC(=O)c1ccnc(C(Cc2cccc3ccccc23)=NO)c1. The molecule has 0 fully saturated rings. The van der Waals surface area contributed by atoms with Crippen LogP contribution in [0.2, 0.25) is 0 Å². The number of hydrogen-bond donors (Lipinski definition) is 1. The van der Waals surface area contributed by atoms with Crippen molar-refractivity contribution in [3.63, 3.8) is 0 Å². The van der Waals surface area contributed by atoms with Crippen LogP contribution in [0.25, 0.3) is 10.8 Å². The minimum atomic E-state index is -0.423. The fraction of sp³-hybridized carbons (Fsp3) is 0.150. The summed E-state index contributed by atoms with van der Waals surface area (Å²) in [4.78, 5) is 16.1. The van der Waals surface area contributed by atoms with Crippen molar-refractivity contribution in [1.29, 1.82) is 0 Å². The molecule has 0 aliphatic carbocycles. The van der Waals surface area contributed by atoms with Gasteiger partial charge >= 0.3 is 5.97 Å². The van der Waals surface area contributed by atoms with Crippen LogP contribution in [0.5, 0.6) is 0 Å². The van der Waals surface area contributed by atoms with Gasteiger partial charge in [0.25, 0.3) is 0 Å². The van der Waals surface area contributed by atoms with Gasteiger partial charge in [0, 0.05) is 12.6 Å². The first-order valence-corrected chi connectivity index (χ1v) is 8.04. The van der Waals surface area contributed by atoms with Crippen molar-refractivity contribution in [3.8, 4) is 0 Å². The van der Waals surface area contributed by atoms with Gasteiger partial charge < -0.3 is 9.94 Å². The van der Waals surface area contributed by atoms with Gasteiger partial charge in [-0.3, -0.25) is 4.98 Å². The molecule has 5 heteroatoms. The summed E-state index contributed by atoms with van der Waals surface area (Å²) < 4.78 is 5.00. The lowest BCUT2D eigenvalue weighted by atomic mass is 9.98. The number of ether oxygens (including phenoxy) is 1. The topological polar surface area (TPSA) is 71.8 Å². The van der Waals surface area contributed by atoms with E-state index < -0.39 is 5.97 Å². The maximum Gasteiger partial charge on any atom is 0.338 e. The van der Waals surface area contributed by atoms with Gasteiger partial charge in [-0.05, 0) is 35.4 Å². The van der Waals surface area contributed by atoms with Crippen LogP contribution in [0, 0.1) is 0 Å². The first-order chi connectivity index (χ1) is 12.2. The number of hydrogen-bond acceptors (Lipinski definition) is 5. The standard InChI is InChI=1S/C20H18N2O3/c1-2-25-20(23)16-10-11-21-18(13-16)19(22-24)12-15-8-5-7-14-6-3-4-9-17(14)15/h3-11,13,24H,2,12H2,1H3. The van der Waals surface area contributed by atoms with Gasteiger partial charge in [0.1, 0.15) is 5.71 Å². The van der Waals surface area contributed by atoms with Crippen LogP contribution < -0.4 is 0 Å². The molecular weight excluding hydrogens is 316 g/mol. The quantitative estimate of drug-likeness (QED) is 0.333. The highest BCUT2D eigenvalue weighted by Gasteiger charge is 2.13. The largest absolute Gasteiger partial charge is 0.462 e. The zero-order chi connectivity index (χ0) is 17.6. The average molecular weight is 334 g/mol. The van der Waals surface area contributed by atoms with E-state index in [1.165, 1.54) is 6.20 Å². The molecule has 1 N–H and O–H groups in total. The smallest absolute Gasteiger partial charge is 0.338 e. The molecule has 0 aliphatic rings. The van der Waals surface area contributed by atoms with Gasteiger partial charge in [-0.1, -0.05) is 47.6 Å². The van der Waals surface area contributed by atoms with E-state index in [4.69, 9.17) is 4.74 Å². The van der Waals surface area contributed by atoms with Crippen LogP contribution in [0.4, 0.5) is 0 Å². The Morgan fingerprint density at radius 2 is 1.96 bits per heavy atom. The van der Waals surface area contributed by atoms with Crippen LogP contribution in [0.3, 0.4) is 0 Å². The van der Waals surface area contributed by atoms with E-state index in [-0.39, 0.29) is 0 Å². The first-order valence-electron chi connectivity index (χ1n) is 8.04. The van der Waals surface area contributed by atoms with Crippen molar-refractivity contribution in [2.24, 2.45) is 5.16 Å². The molecule has 2 aromatic carbocycles. The zero-order valence-corrected chi connectivity index (χ0v) is 13.8. The number of carbonyl (C=O) groups is 1. The molecule has 0 saturated heterocycles. The molecule has 3 aromatic rings. The van der Waals surface area contributed by atoms with Gasteiger partial charge in [-0.2, -0.15) is 0 Å². The Morgan fingerprint density at radius 3 is 2.76 bits per heavy atom. The van der Waals surface area contributed by atoms with Crippen LogP contribution in [0.15, 0.2) is 65.9 Å². The molecular formula is C20H18N2O3. The molecule has 0 saturated carbocycles. The predicted molar refractivity (Wildman–Crippen MR) is 96.2 cm³/mol. The van der Waals surface area contributed by atoms with Crippen molar-refractivity contribution in [2.75, 3.05) is 6.61 Å². The van der Waals surface area contributed by atoms with Crippen molar-refractivity contribution in [2.45, 2.75) is 13.3 Å². The van der Waals surface area contributed by atoms with Gasteiger partial charge in [0.15, 0.2) is 0 Å². The number of nitrogens with zero attached hydrogens (tertiary/aromatic N) is 2. The molecule has 3 rings (SSSR count). The molecule has 1 heterocycles. The number of carbonyl (C=O) groups excluding carboxylic acids is 1. The molecule has 0 atom stereocenters. The summed E-state index contributed by atoms with van der Waals surface area (Å²) in [6, 6.07) is 17.2. The molecule has 0 aliphatic heterocycles. The lowest BCUT2D eigenvalue weighted by molar-refractivity contribution is 0.0526. The number of aromatic nitrogens is 1. The maximum absolute atomic E-state index is 11.9. The Hall–Kier alpha value is -3.21. The van der Waals surface area contributed by atoms with Crippen LogP contribution in [-0.4, -0.2) is 28.5 Å². The van der Waals surface area contributed by atoms with E-state index >= 15 is 0 Å². The third-order valence-corrected chi connectivity index (χ3v) is 3.93. The highest BCUT2D eigenvalue weighted by molar-refractivity contribution is 6.03. The molecule has 0 bridgehead atoms. The Labute approximate surface area is 145 Å². The summed E-state index contributed by atoms with van der Waals surface area (Å²) in [5.41, 5.74) is 2.24. The van der Waals surface area contributed by atoms with Crippen LogP contribution in [-0.2, 0) is 11.2 Å². The van der Waals surface area contributed by atoms with Crippen LogP contribution in [0.1, 0.15) is 28.5 Å². The lowest BCUT2D eigenvalue weighted by Crippen LogP contribution is -2.11. The van der Waals surface area contributed by atoms with E-state index in [1.807, 2.05) is 42.5 Å². The number of oxime groups is 1. The molecule has 0 amide bonds. The second-order valence-corrected chi connectivity index (χ2v) is 5.51. The lowest BCUT2D eigenvalue weighted by Gasteiger charge is -2.09. The average Bonchev–Trinajstić information content (AvgIpc) is 2.66. The number of benzene rings is 2. The molecule has 1 aromatic heterocycles. The summed E-state index contributed by atoms with van der Waals surface area (Å²) in [7, 11) is 0. The number of esters is 1. The summed E-state index contributed by atoms with van der Waals surface area (Å²) in [6.07, 6.45) is 1.91. The summed E-state index contributed by atoms with van der Waals surface area (Å²) >= 11 is 0. The highest BCUT2D eigenvalue weighted by atomic mass is 16.5. The highest BCUT2D eigenvalue weighted by Crippen LogP contribution is 2.20.